The molecule has 0 heterocycles. The van der Waals surface area contributed by atoms with Crippen molar-refractivity contribution >= 4 is 27.5 Å². The fourth-order valence-electron chi connectivity index (χ4n) is 3.11. The topological polar surface area (TPSA) is 75.7 Å². The number of benzene rings is 1. The van der Waals surface area contributed by atoms with Gasteiger partial charge in [-0.2, -0.15) is 4.31 Å². The molecular weight excluding hydrogens is 376 g/mol. The van der Waals surface area contributed by atoms with Gasteiger partial charge in [-0.15, -0.1) is 0 Å². The number of amides is 1. The van der Waals surface area contributed by atoms with E-state index in [9.17, 15) is 13.2 Å². The van der Waals surface area contributed by atoms with E-state index in [1.807, 2.05) is 0 Å². The zero-order chi connectivity index (χ0) is 19.2. The molecule has 0 saturated heterocycles. The Bertz CT molecular complexity index is 716. The average Bonchev–Trinajstić information content (AvgIpc) is 2.85. The first-order valence-corrected chi connectivity index (χ1v) is 10.8. The Hall–Kier alpha value is -1.31. The molecule has 1 aliphatic carbocycles. The summed E-state index contributed by atoms with van der Waals surface area (Å²) >= 11 is 5.96. The maximum Gasteiger partial charge on any atom is 0.247 e. The van der Waals surface area contributed by atoms with Gasteiger partial charge in [0.15, 0.2) is 0 Å². The Morgan fingerprint density at radius 3 is 2.54 bits per heavy atom. The molecule has 2 rings (SSSR count). The number of sulfonamides is 1. The lowest BCUT2D eigenvalue weighted by atomic mass is 10.1. The van der Waals surface area contributed by atoms with Gasteiger partial charge < -0.3 is 10.1 Å². The number of carbonyl (C=O) groups is 1. The highest BCUT2D eigenvalue weighted by molar-refractivity contribution is 7.89. The van der Waals surface area contributed by atoms with E-state index in [2.05, 4.69) is 5.32 Å². The predicted molar refractivity (Wildman–Crippen MR) is 102 cm³/mol. The van der Waals surface area contributed by atoms with Gasteiger partial charge in [0.05, 0.1) is 13.2 Å². The van der Waals surface area contributed by atoms with Crippen molar-refractivity contribution in [1.29, 1.82) is 0 Å². The molecule has 0 atom stereocenters. The number of carbonyl (C=O) groups excluding carboxylic acids is 1. The number of halogens is 1. The van der Waals surface area contributed by atoms with Crippen LogP contribution in [0, 0.1) is 0 Å². The van der Waals surface area contributed by atoms with Gasteiger partial charge in [-0.1, -0.05) is 37.3 Å². The van der Waals surface area contributed by atoms with E-state index in [0.717, 1.165) is 30.0 Å². The van der Waals surface area contributed by atoms with Gasteiger partial charge in [-0.05, 0) is 38.0 Å². The number of rotatable bonds is 7. The second-order valence-corrected chi connectivity index (χ2v) is 8.99. The number of likely N-dealkylation sites (N-methyl/N-ethyl adjacent to an activating group) is 1. The largest absolute Gasteiger partial charge is 0.492 e. The van der Waals surface area contributed by atoms with E-state index in [4.69, 9.17) is 16.3 Å². The molecule has 0 spiro atoms. The molecule has 0 bridgehead atoms. The molecule has 0 aliphatic heterocycles. The summed E-state index contributed by atoms with van der Waals surface area (Å²) in [5.41, 5.74) is 0. The molecule has 6 nitrogen and oxygen atoms in total. The van der Waals surface area contributed by atoms with Crippen LogP contribution in [-0.2, 0) is 14.8 Å². The van der Waals surface area contributed by atoms with Crippen molar-refractivity contribution in [3.05, 3.63) is 23.2 Å². The minimum Gasteiger partial charge on any atom is -0.492 e. The van der Waals surface area contributed by atoms with Crippen LogP contribution in [-0.4, -0.2) is 44.9 Å². The summed E-state index contributed by atoms with van der Waals surface area (Å²) in [6, 6.07) is 4.58. The van der Waals surface area contributed by atoms with Crippen molar-refractivity contribution in [2.75, 3.05) is 20.2 Å². The van der Waals surface area contributed by atoms with Crippen molar-refractivity contribution in [1.82, 2.24) is 9.62 Å². The molecule has 26 heavy (non-hydrogen) atoms. The van der Waals surface area contributed by atoms with E-state index in [1.165, 1.54) is 32.0 Å². The van der Waals surface area contributed by atoms with Crippen LogP contribution < -0.4 is 10.1 Å². The van der Waals surface area contributed by atoms with E-state index < -0.39 is 10.0 Å². The summed E-state index contributed by atoms with van der Waals surface area (Å²) in [5.74, 6) is -0.0594. The standard InChI is InChI=1S/C18H27ClN2O4S/c1-3-25-16-11-10-14(19)12-17(16)26(23,24)21(2)13-18(22)20-15-8-6-4-5-7-9-15/h10-12,15H,3-9,13H2,1-2H3,(H,20,22). The number of ether oxygens (including phenoxy) is 1. The van der Waals surface area contributed by atoms with Crippen LogP contribution in [0.15, 0.2) is 23.1 Å². The molecule has 1 aromatic carbocycles. The van der Waals surface area contributed by atoms with Gasteiger partial charge in [-0.25, -0.2) is 8.42 Å². The zero-order valence-corrected chi connectivity index (χ0v) is 16.9. The monoisotopic (exact) mass is 402 g/mol. The van der Waals surface area contributed by atoms with Gasteiger partial charge in [0, 0.05) is 18.1 Å². The SMILES string of the molecule is CCOc1ccc(Cl)cc1S(=O)(=O)N(C)CC(=O)NC1CCCCCC1. The van der Waals surface area contributed by atoms with E-state index in [0.29, 0.717) is 11.6 Å². The molecule has 1 N–H and O–H groups in total. The van der Waals surface area contributed by atoms with Crippen LogP contribution in [0.1, 0.15) is 45.4 Å². The first kappa shape index (κ1) is 21.0. The predicted octanol–water partition coefficient (Wildman–Crippen LogP) is 3.20. The molecule has 1 aromatic rings. The number of nitrogens with zero attached hydrogens (tertiary/aromatic N) is 1. The fourth-order valence-corrected chi connectivity index (χ4v) is 4.63. The Morgan fingerprint density at radius 2 is 1.92 bits per heavy atom. The molecule has 146 valence electrons. The second kappa shape index (κ2) is 9.58. The van der Waals surface area contributed by atoms with Crippen LogP contribution in [0.2, 0.25) is 5.02 Å². The number of hydrogen-bond acceptors (Lipinski definition) is 4. The highest BCUT2D eigenvalue weighted by atomic mass is 35.5. The first-order chi connectivity index (χ1) is 12.3. The minimum atomic E-state index is -3.89. The van der Waals surface area contributed by atoms with Gasteiger partial charge in [0.1, 0.15) is 10.6 Å². The Kier molecular flexibility index (Phi) is 7.73. The molecule has 0 unspecified atom stereocenters. The van der Waals surface area contributed by atoms with Crippen molar-refractivity contribution in [3.8, 4) is 5.75 Å². The summed E-state index contributed by atoms with van der Waals surface area (Å²) < 4.78 is 32.2. The highest BCUT2D eigenvalue weighted by Gasteiger charge is 2.27. The highest BCUT2D eigenvalue weighted by Crippen LogP contribution is 2.29. The Balaban J connectivity index is 2.08. The summed E-state index contributed by atoms with van der Waals surface area (Å²) in [4.78, 5) is 12.3. The van der Waals surface area contributed by atoms with Crippen molar-refractivity contribution in [2.24, 2.45) is 0 Å². The van der Waals surface area contributed by atoms with Crippen LogP contribution in [0.25, 0.3) is 0 Å². The maximum atomic E-state index is 12.9. The van der Waals surface area contributed by atoms with Crippen molar-refractivity contribution in [3.63, 3.8) is 0 Å². The summed E-state index contributed by atoms with van der Waals surface area (Å²) in [6.45, 7) is 1.86. The maximum absolute atomic E-state index is 12.9. The van der Waals surface area contributed by atoms with Gasteiger partial charge >= 0.3 is 0 Å². The minimum absolute atomic E-state index is 0.0309. The molecular formula is C18H27ClN2O4S. The third-order valence-electron chi connectivity index (χ3n) is 4.48. The lowest BCUT2D eigenvalue weighted by molar-refractivity contribution is -0.121. The summed E-state index contributed by atoms with van der Waals surface area (Å²) in [6.07, 6.45) is 6.47. The fraction of sp³-hybridized carbons (Fsp3) is 0.611. The molecule has 0 aromatic heterocycles. The van der Waals surface area contributed by atoms with Crippen molar-refractivity contribution < 1.29 is 17.9 Å². The average molecular weight is 403 g/mol. The quantitative estimate of drug-likeness (QED) is 0.710. The van der Waals surface area contributed by atoms with E-state index in [1.54, 1.807) is 13.0 Å². The molecule has 8 heteroatoms. The molecule has 1 amide bonds. The van der Waals surface area contributed by atoms with Crippen molar-refractivity contribution in [2.45, 2.75) is 56.4 Å². The van der Waals surface area contributed by atoms with Gasteiger partial charge in [0.2, 0.25) is 15.9 Å². The Morgan fingerprint density at radius 1 is 1.27 bits per heavy atom. The van der Waals surface area contributed by atoms with Crippen LogP contribution in [0.5, 0.6) is 5.75 Å². The van der Waals surface area contributed by atoms with E-state index in [-0.39, 0.29) is 29.1 Å². The molecule has 0 radical (unpaired) electrons. The second-order valence-electron chi connectivity index (χ2n) is 6.54. The smallest absolute Gasteiger partial charge is 0.247 e. The van der Waals surface area contributed by atoms with E-state index >= 15 is 0 Å². The van der Waals surface area contributed by atoms with Crippen LogP contribution in [0.3, 0.4) is 0 Å². The Labute approximate surface area is 160 Å². The number of hydrogen-bond donors (Lipinski definition) is 1. The first-order valence-electron chi connectivity index (χ1n) is 9.02. The lowest BCUT2D eigenvalue weighted by Gasteiger charge is -2.21. The van der Waals surface area contributed by atoms with Crippen LogP contribution >= 0.6 is 11.6 Å². The normalized spacial score (nSPS) is 16.3. The van der Waals surface area contributed by atoms with Crippen LogP contribution in [0.4, 0.5) is 0 Å². The lowest BCUT2D eigenvalue weighted by Crippen LogP contribution is -2.42. The summed E-state index contributed by atoms with van der Waals surface area (Å²) in [5, 5.41) is 3.26. The third kappa shape index (κ3) is 5.59. The molecule has 1 fully saturated rings. The molecule has 1 saturated carbocycles. The third-order valence-corrected chi connectivity index (χ3v) is 6.54. The summed E-state index contributed by atoms with van der Waals surface area (Å²) in [7, 11) is -2.51. The number of nitrogens with one attached hydrogen (secondary N) is 1. The zero-order valence-electron chi connectivity index (χ0n) is 15.3. The van der Waals surface area contributed by atoms with Gasteiger partial charge in [0.25, 0.3) is 0 Å². The molecule has 1 aliphatic rings. The van der Waals surface area contributed by atoms with Gasteiger partial charge in [-0.3, -0.25) is 4.79 Å².